The lowest BCUT2D eigenvalue weighted by Crippen LogP contribution is -2.44. The summed E-state index contributed by atoms with van der Waals surface area (Å²) in [6, 6.07) is 6.47. The first-order valence-corrected chi connectivity index (χ1v) is 9.38. The molecule has 7 nitrogen and oxygen atoms in total. The van der Waals surface area contributed by atoms with Crippen molar-refractivity contribution >= 4 is 17.4 Å². The number of benzene rings is 1. The van der Waals surface area contributed by atoms with E-state index in [9.17, 15) is 23.2 Å². The number of primary amides is 1. The number of anilines is 1. The van der Waals surface area contributed by atoms with Crippen LogP contribution in [0.3, 0.4) is 0 Å². The van der Waals surface area contributed by atoms with E-state index in [1.807, 2.05) is 14.1 Å². The molecule has 5 N–H and O–H groups in total. The Balaban J connectivity index is 2.07. The van der Waals surface area contributed by atoms with Crippen LogP contribution in [0.25, 0.3) is 0 Å². The highest BCUT2D eigenvalue weighted by Crippen LogP contribution is 2.30. The predicted molar refractivity (Wildman–Crippen MR) is 107 cm³/mol. The lowest BCUT2D eigenvalue weighted by atomic mass is 9.82. The van der Waals surface area contributed by atoms with Gasteiger partial charge in [0.25, 0.3) is 5.91 Å². The van der Waals surface area contributed by atoms with E-state index >= 15 is 0 Å². The second-order valence-corrected chi connectivity index (χ2v) is 7.44. The van der Waals surface area contributed by atoms with Crippen molar-refractivity contribution in [3.8, 4) is 6.07 Å². The molecule has 1 amide bonds. The van der Waals surface area contributed by atoms with Crippen LogP contribution in [0.2, 0.25) is 0 Å². The first-order chi connectivity index (χ1) is 14.0. The van der Waals surface area contributed by atoms with Gasteiger partial charge in [0, 0.05) is 24.0 Å². The van der Waals surface area contributed by atoms with Crippen LogP contribution in [0, 0.1) is 22.7 Å². The minimum absolute atomic E-state index is 0.165. The minimum atomic E-state index is -4.46. The number of carbonyl (C=O) groups excluding carboxylic acids is 1. The second-order valence-electron chi connectivity index (χ2n) is 7.44. The Morgan fingerprint density at radius 3 is 2.43 bits per heavy atom. The zero-order chi connectivity index (χ0) is 22.5. The van der Waals surface area contributed by atoms with E-state index < -0.39 is 17.6 Å². The number of hydrogen-bond acceptors (Lipinski definition) is 5. The average Bonchev–Trinajstić information content (AvgIpc) is 2.67. The Morgan fingerprint density at radius 1 is 1.30 bits per heavy atom. The van der Waals surface area contributed by atoms with Crippen LogP contribution in [-0.4, -0.2) is 42.8 Å². The predicted octanol–water partition coefficient (Wildman–Crippen LogP) is 2.68. The van der Waals surface area contributed by atoms with Gasteiger partial charge in [-0.25, -0.2) is 0 Å². The third-order valence-corrected chi connectivity index (χ3v) is 5.18. The largest absolute Gasteiger partial charge is 0.416 e. The summed E-state index contributed by atoms with van der Waals surface area (Å²) < 4.78 is 38.0. The first-order valence-electron chi connectivity index (χ1n) is 9.38. The van der Waals surface area contributed by atoms with Gasteiger partial charge in [-0.15, -0.1) is 0 Å². The number of rotatable bonds is 6. The molecule has 0 unspecified atom stereocenters. The fourth-order valence-electron chi connectivity index (χ4n) is 3.37. The Bertz CT molecular complexity index is 842. The molecule has 1 aliphatic rings. The standard InChI is InChI=1S/C20H25F3N6O/c1-29(2)15-7-8-17(12(9-15)10-24)27-11-16(19(26)30)18(25)28-14-5-3-13(4-6-14)20(21,22)23/h3-6,11-12,15,17,27H,7-9H2,1-2H3,(H2,25,28)(H2,26,30)/b16-11+/t12-,15+,17+/m1/s1. The Hall–Kier alpha value is -3.06. The van der Waals surface area contributed by atoms with Gasteiger partial charge in [-0.3, -0.25) is 10.2 Å². The highest BCUT2D eigenvalue weighted by atomic mass is 19.4. The van der Waals surface area contributed by atoms with Crippen LogP contribution in [-0.2, 0) is 11.0 Å². The maximum atomic E-state index is 12.7. The maximum Gasteiger partial charge on any atom is 0.416 e. The third kappa shape index (κ3) is 5.97. The average molecular weight is 422 g/mol. The molecule has 0 heterocycles. The number of hydrogen-bond donors (Lipinski definition) is 4. The fourth-order valence-corrected chi connectivity index (χ4v) is 3.37. The lowest BCUT2D eigenvalue weighted by molar-refractivity contribution is -0.137. The summed E-state index contributed by atoms with van der Waals surface area (Å²) in [4.78, 5) is 13.9. The normalized spacial score (nSPS) is 22.3. The molecule has 0 saturated heterocycles. The van der Waals surface area contributed by atoms with E-state index in [0.29, 0.717) is 18.9 Å². The van der Waals surface area contributed by atoms with Crippen molar-refractivity contribution in [3.05, 3.63) is 41.6 Å². The van der Waals surface area contributed by atoms with Crippen molar-refractivity contribution in [2.75, 3.05) is 19.4 Å². The van der Waals surface area contributed by atoms with E-state index in [1.54, 1.807) is 0 Å². The van der Waals surface area contributed by atoms with Gasteiger partial charge in [0.15, 0.2) is 0 Å². The smallest absolute Gasteiger partial charge is 0.386 e. The summed E-state index contributed by atoms with van der Waals surface area (Å²) in [6.07, 6.45) is -0.890. The van der Waals surface area contributed by atoms with Crippen LogP contribution >= 0.6 is 0 Å². The number of alkyl halides is 3. The van der Waals surface area contributed by atoms with Crippen LogP contribution in [0.1, 0.15) is 24.8 Å². The summed E-state index contributed by atoms with van der Waals surface area (Å²) in [5.74, 6) is -1.50. The summed E-state index contributed by atoms with van der Waals surface area (Å²) in [5, 5.41) is 23.1. The lowest BCUT2D eigenvalue weighted by Gasteiger charge is -2.36. The summed E-state index contributed by atoms with van der Waals surface area (Å²) >= 11 is 0. The molecule has 0 spiro atoms. The Morgan fingerprint density at radius 2 is 1.93 bits per heavy atom. The molecule has 1 aromatic carbocycles. The zero-order valence-electron chi connectivity index (χ0n) is 16.8. The Labute approximate surface area is 173 Å². The van der Waals surface area contributed by atoms with Crippen molar-refractivity contribution in [1.29, 1.82) is 10.7 Å². The van der Waals surface area contributed by atoms with Crippen molar-refractivity contribution in [2.45, 2.75) is 37.5 Å². The molecule has 30 heavy (non-hydrogen) atoms. The number of halogens is 3. The van der Waals surface area contributed by atoms with E-state index in [4.69, 9.17) is 11.1 Å². The van der Waals surface area contributed by atoms with Crippen molar-refractivity contribution in [1.82, 2.24) is 10.2 Å². The third-order valence-electron chi connectivity index (χ3n) is 5.18. The number of amidine groups is 1. The molecule has 162 valence electrons. The molecule has 0 aliphatic heterocycles. The second kappa shape index (κ2) is 9.63. The zero-order valence-corrected chi connectivity index (χ0v) is 16.8. The monoisotopic (exact) mass is 422 g/mol. The number of nitriles is 1. The molecule has 0 aromatic heterocycles. The van der Waals surface area contributed by atoms with Gasteiger partial charge in [0.2, 0.25) is 0 Å². The molecule has 1 saturated carbocycles. The van der Waals surface area contributed by atoms with Crippen LogP contribution in [0.15, 0.2) is 36.0 Å². The van der Waals surface area contributed by atoms with E-state index in [2.05, 4.69) is 21.6 Å². The van der Waals surface area contributed by atoms with Crippen molar-refractivity contribution < 1.29 is 18.0 Å². The highest BCUT2D eigenvalue weighted by Gasteiger charge is 2.31. The topological polar surface area (TPSA) is 118 Å². The molecule has 0 radical (unpaired) electrons. The fraction of sp³-hybridized carbons (Fsp3) is 0.450. The van der Waals surface area contributed by atoms with E-state index in [0.717, 1.165) is 30.7 Å². The molecule has 10 heteroatoms. The summed E-state index contributed by atoms with van der Waals surface area (Å²) in [5.41, 5.74) is 4.60. The highest BCUT2D eigenvalue weighted by molar-refractivity contribution is 6.23. The Kier molecular flexibility index (Phi) is 7.45. The number of amides is 1. The molecule has 1 fully saturated rings. The van der Waals surface area contributed by atoms with Crippen molar-refractivity contribution in [3.63, 3.8) is 0 Å². The first kappa shape index (κ1) is 23.2. The molecule has 2 rings (SSSR count). The molecule has 1 aromatic rings. The number of nitrogens with two attached hydrogens (primary N) is 1. The van der Waals surface area contributed by atoms with Crippen LogP contribution in [0.5, 0.6) is 0 Å². The SMILES string of the molecule is CN(C)[C@H]1CC[C@H](N/C=C(\C(=N)Nc2ccc(C(F)(F)F)cc2)C(N)=O)[C@@H](C#N)C1. The van der Waals surface area contributed by atoms with Gasteiger partial charge < -0.3 is 21.3 Å². The van der Waals surface area contributed by atoms with Crippen molar-refractivity contribution in [2.24, 2.45) is 11.7 Å². The number of nitrogens with one attached hydrogen (secondary N) is 3. The molecule has 1 aliphatic carbocycles. The van der Waals surface area contributed by atoms with Gasteiger partial charge in [-0.1, -0.05) is 0 Å². The van der Waals surface area contributed by atoms with Gasteiger partial charge in [-0.05, 0) is 57.6 Å². The van der Waals surface area contributed by atoms with Gasteiger partial charge >= 0.3 is 6.18 Å². The van der Waals surface area contributed by atoms with Gasteiger partial charge in [0.05, 0.1) is 23.1 Å². The quantitative estimate of drug-likeness (QED) is 0.319. The maximum absolute atomic E-state index is 12.7. The van der Waals surface area contributed by atoms with Crippen LogP contribution < -0.4 is 16.4 Å². The van der Waals surface area contributed by atoms with Gasteiger partial charge in [-0.2, -0.15) is 18.4 Å². The summed E-state index contributed by atoms with van der Waals surface area (Å²) in [6.45, 7) is 0. The molecular weight excluding hydrogens is 397 g/mol. The van der Waals surface area contributed by atoms with Gasteiger partial charge in [0.1, 0.15) is 5.84 Å². The molecule has 3 atom stereocenters. The van der Waals surface area contributed by atoms with Crippen LogP contribution in [0.4, 0.5) is 18.9 Å². The summed E-state index contributed by atoms with van der Waals surface area (Å²) in [7, 11) is 3.93. The van der Waals surface area contributed by atoms with E-state index in [1.165, 1.54) is 6.20 Å². The molecule has 0 bridgehead atoms. The number of nitrogens with zero attached hydrogens (tertiary/aromatic N) is 2. The van der Waals surface area contributed by atoms with E-state index in [-0.39, 0.29) is 29.1 Å². The number of carbonyl (C=O) groups is 1. The minimum Gasteiger partial charge on any atom is -0.386 e. The molecular formula is C20H25F3N6O.